The molecule has 0 bridgehead atoms. The molecule has 0 aliphatic rings. The first-order valence-electron chi connectivity index (χ1n) is 9.75. The zero-order chi connectivity index (χ0) is 24.1. The van der Waals surface area contributed by atoms with Crippen LogP contribution >= 0.6 is 11.6 Å². The lowest BCUT2D eigenvalue weighted by Crippen LogP contribution is -2.15. The number of aromatic nitrogens is 3. The lowest BCUT2D eigenvalue weighted by molar-refractivity contribution is -0.0497. The number of carbonyl (C=O) groups excluding carboxylic acids is 1. The van der Waals surface area contributed by atoms with E-state index < -0.39 is 24.1 Å². The van der Waals surface area contributed by atoms with Crippen LogP contribution in [0.1, 0.15) is 10.5 Å². The summed E-state index contributed by atoms with van der Waals surface area (Å²) in [6, 6.07) is 14.3. The number of benzene rings is 2. The number of carbonyl (C=O) groups is 1. The normalized spacial score (nSPS) is 10.7. The highest BCUT2D eigenvalue weighted by molar-refractivity contribution is 6.32. The van der Waals surface area contributed by atoms with Crippen molar-refractivity contribution in [2.24, 2.45) is 0 Å². The highest BCUT2D eigenvalue weighted by atomic mass is 35.5. The SMILES string of the molecule is O=C(Nc1cnccc1-c1ccccc1)c1ccnc(Nc2cc(OC(F)F)c(Cl)cc2F)n1. The fourth-order valence-corrected chi connectivity index (χ4v) is 3.22. The number of hydrogen-bond acceptors (Lipinski definition) is 6. The topological polar surface area (TPSA) is 89.0 Å². The minimum atomic E-state index is -3.15. The van der Waals surface area contributed by atoms with Gasteiger partial charge in [-0.15, -0.1) is 0 Å². The van der Waals surface area contributed by atoms with Crippen LogP contribution < -0.4 is 15.4 Å². The molecule has 1 amide bonds. The number of halogens is 4. The lowest BCUT2D eigenvalue weighted by atomic mass is 10.1. The van der Waals surface area contributed by atoms with Crippen LogP contribution in [0, 0.1) is 5.82 Å². The molecule has 172 valence electrons. The highest BCUT2D eigenvalue weighted by Crippen LogP contribution is 2.32. The summed E-state index contributed by atoms with van der Waals surface area (Å²) >= 11 is 5.73. The van der Waals surface area contributed by atoms with Crippen molar-refractivity contribution in [2.45, 2.75) is 6.61 Å². The van der Waals surface area contributed by atoms with Crippen molar-refractivity contribution >= 4 is 34.8 Å². The van der Waals surface area contributed by atoms with Gasteiger partial charge in [0.1, 0.15) is 17.3 Å². The third-order valence-corrected chi connectivity index (χ3v) is 4.82. The van der Waals surface area contributed by atoms with E-state index in [2.05, 4.69) is 30.3 Å². The van der Waals surface area contributed by atoms with E-state index in [9.17, 15) is 18.0 Å². The van der Waals surface area contributed by atoms with E-state index in [1.54, 1.807) is 12.3 Å². The Kier molecular flexibility index (Phi) is 6.88. The van der Waals surface area contributed by atoms with Crippen molar-refractivity contribution in [2.75, 3.05) is 10.6 Å². The minimum Gasteiger partial charge on any atom is -0.433 e. The smallest absolute Gasteiger partial charge is 0.387 e. The fourth-order valence-electron chi connectivity index (χ4n) is 3.03. The van der Waals surface area contributed by atoms with E-state index in [4.69, 9.17) is 11.6 Å². The van der Waals surface area contributed by atoms with Gasteiger partial charge in [0.15, 0.2) is 0 Å². The van der Waals surface area contributed by atoms with Gasteiger partial charge in [-0.25, -0.2) is 14.4 Å². The van der Waals surface area contributed by atoms with Crippen LogP contribution in [-0.4, -0.2) is 27.5 Å². The fraction of sp³-hybridized carbons (Fsp3) is 0.0435. The van der Waals surface area contributed by atoms with Gasteiger partial charge in [-0.05, 0) is 23.8 Å². The molecule has 0 saturated carbocycles. The molecular formula is C23H15ClF3N5O2. The van der Waals surface area contributed by atoms with E-state index in [0.29, 0.717) is 5.69 Å². The molecule has 2 heterocycles. The summed E-state index contributed by atoms with van der Waals surface area (Å²) in [5.41, 5.74) is 1.80. The van der Waals surface area contributed by atoms with Gasteiger partial charge < -0.3 is 15.4 Å². The van der Waals surface area contributed by atoms with Gasteiger partial charge in [0.05, 0.1) is 22.6 Å². The van der Waals surface area contributed by atoms with Crippen LogP contribution in [0.4, 0.5) is 30.5 Å². The number of nitrogens with zero attached hydrogens (tertiary/aromatic N) is 3. The molecule has 0 radical (unpaired) electrons. The van der Waals surface area contributed by atoms with Gasteiger partial charge in [0.25, 0.3) is 5.91 Å². The predicted molar refractivity (Wildman–Crippen MR) is 121 cm³/mol. The Balaban J connectivity index is 1.56. The van der Waals surface area contributed by atoms with E-state index in [1.165, 1.54) is 18.5 Å². The molecule has 2 N–H and O–H groups in total. The van der Waals surface area contributed by atoms with Crippen molar-refractivity contribution in [3.63, 3.8) is 0 Å². The highest BCUT2D eigenvalue weighted by Gasteiger charge is 2.16. The quantitative estimate of drug-likeness (QED) is 0.337. The number of amides is 1. The summed E-state index contributed by atoms with van der Waals surface area (Å²) < 4.78 is 43.6. The molecule has 0 aliphatic carbocycles. The van der Waals surface area contributed by atoms with Gasteiger partial charge in [-0.3, -0.25) is 9.78 Å². The first kappa shape index (κ1) is 23.0. The molecule has 0 aliphatic heterocycles. The van der Waals surface area contributed by atoms with Crippen molar-refractivity contribution in [3.8, 4) is 16.9 Å². The number of rotatable bonds is 7. The molecule has 7 nitrogen and oxygen atoms in total. The van der Waals surface area contributed by atoms with Crippen molar-refractivity contribution in [1.82, 2.24) is 15.0 Å². The Labute approximate surface area is 196 Å². The molecule has 11 heteroatoms. The summed E-state index contributed by atoms with van der Waals surface area (Å²) in [4.78, 5) is 24.9. The second-order valence-corrected chi connectivity index (χ2v) is 7.18. The monoisotopic (exact) mass is 485 g/mol. The Bertz CT molecular complexity index is 1330. The molecule has 0 atom stereocenters. The maximum Gasteiger partial charge on any atom is 0.387 e. The van der Waals surface area contributed by atoms with E-state index in [-0.39, 0.29) is 22.4 Å². The van der Waals surface area contributed by atoms with Gasteiger partial charge in [-0.2, -0.15) is 8.78 Å². The van der Waals surface area contributed by atoms with E-state index in [1.807, 2.05) is 30.3 Å². The predicted octanol–water partition coefficient (Wildman–Crippen LogP) is 5.93. The molecule has 34 heavy (non-hydrogen) atoms. The number of anilines is 3. The molecule has 2 aromatic heterocycles. The Morgan fingerprint density at radius 3 is 2.59 bits per heavy atom. The minimum absolute atomic E-state index is 0.0289. The summed E-state index contributed by atoms with van der Waals surface area (Å²) in [6.45, 7) is -3.15. The van der Waals surface area contributed by atoms with Crippen LogP contribution in [0.15, 0.2) is 73.2 Å². The maximum absolute atomic E-state index is 14.3. The summed E-state index contributed by atoms with van der Waals surface area (Å²) in [6.07, 6.45) is 4.40. The van der Waals surface area contributed by atoms with Gasteiger partial charge in [0, 0.05) is 24.0 Å². The molecule has 0 saturated heterocycles. The largest absolute Gasteiger partial charge is 0.433 e. The standard InChI is InChI=1S/C23H15ClF3N5O2/c24-15-10-16(25)18(11-20(15)34-22(26)27)32-23-29-9-7-17(31-23)21(33)30-19-12-28-8-6-14(19)13-4-2-1-3-5-13/h1-12,22H,(H,30,33)(H,29,31,32). The van der Waals surface area contributed by atoms with Crippen LogP contribution in [0.25, 0.3) is 11.1 Å². The van der Waals surface area contributed by atoms with E-state index >= 15 is 0 Å². The van der Waals surface area contributed by atoms with Crippen LogP contribution in [0.3, 0.4) is 0 Å². The number of pyridine rings is 1. The van der Waals surface area contributed by atoms with Gasteiger partial charge in [0.2, 0.25) is 5.95 Å². The maximum atomic E-state index is 14.3. The first-order chi connectivity index (χ1) is 16.4. The van der Waals surface area contributed by atoms with Crippen molar-refractivity contribution < 1.29 is 22.7 Å². The zero-order valence-corrected chi connectivity index (χ0v) is 17.9. The summed E-state index contributed by atoms with van der Waals surface area (Å²) in [5.74, 6) is -1.99. The first-order valence-corrected chi connectivity index (χ1v) is 10.1. The number of alkyl halides is 2. The van der Waals surface area contributed by atoms with Crippen LogP contribution in [0.5, 0.6) is 5.75 Å². The average molecular weight is 486 g/mol. The third kappa shape index (κ3) is 5.41. The summed E-state index contributed by atoms with van der Waals surface area (Å²) in [5, 5.41) is 4.96. The molecular weight excluding hydrogens is 471 g/mol. The van der Waals surface area contributed by atoms with Crippen molar-refractivity contribution in [3.05, 3.63) is 89.7 Å². The molecule has 0 spiro atoms. The molecule has 0 fully saturated rings. The summed E-state index contributed by atoms with van der Waals surface area (Å²) in [7, 11) is 0. The number of hydrogen-bond donors (Lipinski definition) is 2. The Morgan fingerprint density at radius 2 is 1.82 bits per heavy atom. The van der Waals surface area contributed by atoms with E-state index in [0.717, 1.165) is 23.3 Å². The van der Waals surface area contributed by atoms with Crippen LogP contribution in [-0.2, 0) is 0 Å². The van der Waals surface area contributed by atoms with Gasteiger partial charge >= 0.3 is 6.61 Å². The Hall–Kier alpha value is -4.18. The molecule has 0 unspecified atom stereocenters. The lowest BCUT2D eigenvalue weighted by Gasteiger charge is -2.12. The molecule has 4 rings (SSSR count). The molecule has 4 aromatic rings. The number of ether oxygens (including phenoxy) is 1. The molecule has 2 aromatic carbocycles. The van der Waals surface area contributed by atoms with Crippen molar-refractivity contribution in [1.29, 1.82) is 0 Å². The third-order valence-electron chi connectivity index (χ3n) is 4.53. The van der Waals surface area contributed by atoms with Gasteiger partial charge in [-0.1, -0.05) is 41.9 Å². The second kappa shape index (κ2) is 10.2. The number of nitrogens with one attached hydrogen (secondary N) is 2. The Morgan fingerprint density at radius 1 is 1.03 bits per heavy atom. The average Bonchev–Trinajstić information content (AvgIpc) is 2.83. The second-order valence-electron chi connectivity index (χ2n) is 6.77. The van der Waals surface area contributed by atoms with Crippen LogP contribution in [0.2, 0.25) is 5.02 Å². The zero-order valence-electron chi connectivity index (χ0n) is 17.2.